The van der Waals surface area contributed by atoms with Crippen molar-refractivity contribution in [3.63, 3.8) is 0 Å². The second-order valence-electron chi connectivity index (χ2n) is 7.52. The van der Waals surface area contributed by atoms with Crippen LogP contribution in [0.3, 0.4) is 0 Å². The minimum absolute atomic E-state index is 0.133. The van der Waals surface area contributed by atoms with Crippen LogP contribution in [0.5, 0.6) is 0 Å². The molecule has 0 amide bonds. The Kier molecular flexibility index (Phi) is 11.2. The number of nitrogens with zero attached hydrogens (tertiary/aromatic N) is 3. The SMILES string of the molecule is N[C@@H](SP(=O)(O)O)[C@H](O)/C=C/CCCCCCCCCNc1ccc([N+](=O)[O-])c2nonc12. The van der Waals surface area contributed by atoms with Crippen molar-refractivity contribution >= 4 is 40.6 Å². The summed E-state index contributed by atoms with van der Waals surface area (Å²) in [6.07, 6.45) is 10.3. The van der Waals surface area contributed by atoms with Gasteiger partial charge in [0.1, 0.15) is 0 Å². The minimum Gasteiger partial charge on any atom is -0.386 e. The van der Waals surface area contributed by atoms with Crippen molar-refractivity contribution in [1.29, 1.82) is 0 Å². The Labute approximate surface area is 195 Å². The number of anilines is 1. The molecule has 2 rings (SSSR count). The molecule has 14 heteroatoms. The topological polar surface area (TPSA) is 198 Å². The second kappa shape index (κ2) is 13.6. The molecule has 33 heavy (non-hydrogen) atoms. The quantitative estimate of drug-likeness (QED) is 0.0557. The van der Waals surface area contributed by atoms with Gasteiger partial charge in [-0.05, 0) is 47.0 Å². The molecule has 0 radical (unpaired) electrons. The Morgan fingerprint density at radius 1 is 1.15 bits per heavy atom. The predicted octanol–water partition coefficient (Wildman–Crippen LogP) is 3.69. The van der Waals surface area contributed by atoms with Gasteiger partial charge in [0, 0.05) is 12.6 Å². The molecular weight excluding hydrogens is 473 g/mol. The van der Waals surface area contributed by atoms with Gasteiger partial charge in [-0.25, -0.2) is 9.19 Å². The molecule has 6 N–H and O–H groups in total. The smallest absolute Gasteiger partial charge is 0.385 e. The monoisotopic (exact) mass is 503 g/mol. The lowest BCUT2D eigenvalue weighted by Crippen LogP contribution is -2.29. The molecule has 0 aliphatic heterocycles. The van der Waals surface area contributed by atoms with E-state index in [1.165, 1.54) is 12.1 Å². The summed E-state index contributed by atoms with van der Waals surface area (Å²) in [4.78, 5) is 28.2. The van der Waals surface area contributed by atoms with Crippen LogP contribution in [0.25, 0.3) is 11.0 Å². The van der Waals surface area contributed by atoms with Crippen molar-refractivity contribution in [2.45, 2.75) is 62.8 Å². The lowest BCUT2D eigenvalue weighted by molar-refractivity contribution is -0.383. The van der Waals surface area contributed by atoms with Gasteiger partial charge in [-0.3, -0.25) is 10.1 Å². The molecule has 2 aromatic rings. The van der Waals surface area contributed by atoms with Gasteiger partial charge in [0.2, 0.25) is 5.52 Å². The molecule has 0 saturated heterocycles. The number of unbranched alkanes of at least 4 members (excludes halogenated alkanes) is 7. The van der Waals surface area contributed by atoms with Crippen molar-refractivity contribution in [2.75, 3.05) is 11.9 Å². The number of hydrogen-bond donors (Lipinski definition) is 5. The van der Waals surface area contributed by atoms with Crippen molar-refractivity contribution in [3.8, 4) is 0 Å². The lowest BCUT2D eigenvalue weighted by Gasteiger charge is -2.15. The number of aliphatic hydroxyl groups excluding tert-OH is 1. The first-order valence-electron chi connectivity index (χ1n) is 10.7. The highest BCUT2D eigenvalue weighted by Gasteiger charge is 2.23. The van der Waals surface area contributed by atoms with Gasteiger partial charge in [-0.2, -0.15) is 0 Å². The zero-order valence-electron chi connectivity index (χ0n) is 18.1. The maximum Gasteiger partial charge on any atom is 0.385 e. The first-order chi connectivity index (χ1) is 15.7. The number of hydrogen-bond acceptors (Lipinski definition) is 10. The van der Waals surface area contributed by atoms with Crippen LogP contribution in [0.4, 0.5) is 11.4 Å². The Hall–Kier alpha value is -2.02. The average molecular weight is 504 g/mol. The standard InChI is InChI=1S/C19H30N5O7PS/c20-19(33-32(28,29)30)16(25)10-8-6-4-2-1-3-5-7-9-13-21-14-11-12-15(24(26)27)18-17(14)22-31-23-18/h8,10-12,16,19,21,25H,1-7,9,13,20H2,(H2,28,29,30)/b10-8+/t16-,19+/m1/s1. The molecule has 12 nitrogen and oxygen atoms in total. The van der Waals surface area contributed by atoms with E-state index in [9.17, 15) is 19.8 Å². The molecule has 0 aliphatic rings. The Morgan fingerprint density at radius 2 is 1.79 bits per heavy atom. The zero-order chi connectivity index (χ0) is 24.3. The van der Waals surface area contributed by atoms with Crippen LogP contribution >= 0.6 is 18.2 Å². The number of aliphatic hydroxyl groups is 1. The molecule has 0 aliphatic carbocycles. The summed E-state index contributed by atoms with van der Waals surface area (Å²) in [6, 6.07) is 3.00. The largest absolute Gasteiger partial charge is 0.386 e. The van der Waals surface area contributed by atoms with E-state index < -0.39 is 23.2 Å². The molecule has 0 saturated carbocycles. The summed E-state index contributed by atoms with van der Waals surface area (Å²) >= 11 is 0.253. The number of nitro groups is 1. The van der Waals surface area contributed by atoms with Gasteiger partial charge < -0.3 is 25.9 Å². The number of benzene rings is 1. The summed E-state index contributed by atoms with van der Waals surface area (Å²) in [5, 5.41) is 30.3. The molecule has 1 heterocycles. The lowest BCUT2D eigenvalue weighted by atomic mass is 10.1. The van der Waals surface area contributed by atoms with E-state index >= 15 is 0 Å². The van der Waals surface area contributed by atoms with Crippen molar-refractivity contribution in [1.82, 2.24) is 10.3 Å². The third-order valence-electron chi connectivity index (χ3n) is 4.88. The minimum atomic E-state index is -4.31. The van der Waals surface area contributed by atoms with E-state index in [2.05, 4.69) is 20.3 Å². The summed E-state index contributed by atoms with van der Waals surface area (Å²) in [7, 11) is 0. The van der Waals surface area contributed by atoms with Crippen LogP contribution in [0, 0.1) is 10.1 Å². The highest BCUT2D eigenvalue weighted by atomic mass is 32.7. The third kappa shape index (κ3) is 9.78. The molecule has 2 atom stereocenters. The van der Waals surface area contributed by atoms with Crippen molar-refractivity contribution in [2.24, 2.45) is 5.73 Å². The highest BCUT2D eigenvalue weighted by Crippen LogP contribution is 2.52. The number of allylic oxidation sites excluding steroid dienone is 1. The van der Waals surface area contributed by atoms with E-state index in [-0.39, 0.29) is 22.6 Å². The van der Waals surface area contributed by atoms with Crippen LogP contribution in [-0.2, 0) is 4.57 Å². The number of nitro benzene ring substituents is 1. The van der Waals surface area contributed by atoms with E-state index in [0.29, 0.717) is 11.2 Å². The molecule has 0 unspecified atom stereocenters. The zero-order valence-corrected chi connectivity index (χ0v) is 19.8. The molecule has 0 spiro atoms. The van der Waals surface area contributed by atoms with Gasteiger partial charge in [-0.1, -0.05) is 44.3 Å². The Bertz CT molecular complexity index is 967. The van der Waals surface area contributed by atoms with E-state index in [4.69, 9.17) is 15.5 Å². The van der Waals surface area contributed by atoms with Crippen LogP contribution in [0.2, 0.25) is 0 Å². The van der Waals surface area contributed by atoms with E-state index in [1.807, 2.05) is 0 Å². The number of nitrogens with one attached hydrogen (secondary N) is 1. The molecule has 0 fully saturated rings. The number of rotatable bonds is 16. The third-order valence-corrected chi connectivity index (χ3v) is 7.23. The maximum atomic E-state index is 11.0. The second-order valence-corrected chi connectivity index (χ2v) is 11.3. The molecule has 1 aromatic carbocycles. The van der Waals surface area contributed by atoms with Gasteiger partial charge in [0.15, 0.2) is 5.52 Å². The summed E-state index contributed by atoms with van der Waals surface area (Å²) < 4.78 is 15.5. The first-order valence-corrected chi connectivity index (χ1v) is 13.8. The average Bonchev–Trinajstić information content (AvgIpc) is 3.23. The van der Waals surface area contributed by atoms with Crippen LogP contribution in [0.15, 0.2) is 28.9 Å². The number of aromatic nitrogens is 2. The van der Waals surface area contributed by atoms with Gasteiger partial charge in [0.25, 0.3) is 0 Å². The fraction of sp³-hybridized carbons (Fsp3) is 0.579. The predicted molar refractivity (Wildman–Crippen MR) is 127 cm³/mol. The summed E-state index contributed by atoms with van der Waals surface area (Å²) in [6.45, 7) is -3.59. The van der Waals surface area contributed by atoms with E-state index in [0.717, 1.165) is 57.9 Å². The summed E-state index contributed by atoms with van der Waals surface area (Å²) in [5.41, 5.74) is 6.55. The molecule has 184 valence electrons. The normalized spacial score (nSPS) is 14.1. The summed E-state index contributed by atoms with van der Waals surface area (Å²) in [5.74, 6) is 0. The fourth-order valence-corrected chi connectivity index (χ4v) is 5.06. The molecular formula is C19H30N5O7PS. The van der Waals surface area contributed by atoms with Gasteiger partial charge in [-0.15, -0.1) is 0 Å². The van der Waals surface area contributed by atoms with E-state index in [1.54, 1.807) is 12.1 Å². The Balaban J connectivity index is 1.51. The first kappa shape index (κ1) is 27.2. The number of non-ortho nitro benzene ring substituents is 1. The Morgan fingerprint density at radius 3 is 2.45 bits per heavy atom. The highest BCUT2D eigenvalue weighted by molar-refractivity contribution is 8.54. The van der Waals surface area contributed by atoms with Crippen molar-refractivity contribution < 1.29 is 29.0 Å². The molecule has 1 aromatic heterocycles. The van der Waals surface area contributed by atoms with Crippen molar-refractivity contribution in [3.05, 3.63) is 34.4 Å². The number of nitrogens with two attached hydrogens (primary N) is 1. The molecule has 0 bridgehead atoms. The maximum absolute atomic E-state index is 11.0. The van der Waals surface area contributed by atoms with Crippen LogP contribution in [-0.4, -0.2) is 48.2 Å². The van der Waals surface area contributed by atoms with Crippen LogP contribution in [0.1, 0.15) is 51.4 Å². The fourth-order valence-electron chi connectivity index (χ4n) is 3.20. The van der Waals surface area contributed by atoms with Gasteiger partial charge >= 0.3 is 12.5 Å². The van der Waals surface area contributed by atoms with Crippen LogP contribution < -0.4 is 11.1 Å². The van der Waals surface area contributed by atoms with Gasteiger partial charge in [0.05, 0.1) is 22.1 Å². The number of fused-ring (bicyclic) bond motifs is 1.